The van der Waals surface area contributed by atoms with Crippen LogP contribution in [0.1, 0.15) is 6.42 Å². The largest absolute Gasteiger partial charge is 0.348 e. The smallest absolute Gasteiger partial charge is 0.313 e. The summed E-state index contributed by atoms with van der Waals surface area (Å²) < 4.78 is 13.4. The lowest BCUT2D eigenvalue weighted by Crippen LogP contribution is -2.36. The standard InChI is InChI=1S/C13H17ClFN3O2/c1-18(2)7-3-6-16-12(19)13(20)17-11-5-4-9(14)8-10(11)15/h4-5,8H,3,6-7H2,1-2H3,(H,16,19)(H,17,20). The molecule has 0 unspecified atom stereocenters. The molecular formula is C13H17ClFN3O2. The van der Waals surface area contributed by atoms with Gasteiger partial charge in [0, 0.05) is 11.6 Å². The second kappa shape index (κ2) is 7.81. The normalized spacial score (nSPS) is 10.4. The molecule has 0 aliphatic heterocycles. The number of benzene rings is 1. The van der Waals surface area contributed by atoms with Gasteiger partial charge in [0.1, 0.15) is 5.82 Å². The summed E-state index contributed by atoms with van der Waals surface area (Å²) in [5.41, 5.74) is -0.0807. The number of hydrogen-bond donors (Lipinski definition) is 2. The van der Waals surface area contributed by atoms with E-state index in [0.29, 0.717) is 6.54 Å². The minimum Gasteiger partial charge on any atom is -0.348 e. The van der Waals surface area contributed by atoms with Gasteiger partial charge < -0.3 is 15.5 Å². The van der Waals surface area contributed by atoms with Crippen LogP contribution in [0.5, 0.6) is 0 Å². The highest BCUT2D eigenvalue weighted by molar-refractivity contribution is 6.39. The average Bonchev–Trinajstić information content (AvgIpc) is 2.37. The lowest BCUT2D eigenvalue weighted by Gasteiger charge is -2.10. The van der Waals surface area contributed by atoms with E-state index in [1.165, 1.54) is 12.1 Å². The van der Waals surface area contributed by atoms with Crippen LogP contribution in [-0.2, 0) is 9.59 Å². The summed E-state index contributed by atoms with van der Waals surface area (Å²) in [5, 5.41) is 4.87. The van der Waals surface area contributed by atoms with Crippen molar-refractivity contribution in [2.24, 2.45) is 0 Å². The number of halogens is 2. The predicted molar refractivity (Wildman–Crippen MR) is 76.2 cm³/mol. The Morgan fingerprint density at radius 2 is 2.00 bits per heavy atom. The lowest BCUT2D eigenvalue weighted by molar-refractivity contribution is -0.136. The Kier molecular flexibility index (Phi) is 6.41. The third kappa shape index (κ3) is 5.54. The molecule has 0 spiro atoms. The molecule has 0 aliphatic rings. The summed E-state index contributed by atoms with van der Waals surface area (Å²) in [4.78, 5) is 25.0. The molecule has 2 N–H and O–H groups in total. The van der Waals surface area contributed by atoms with Crippen LogP contribution in [0.15, 0.2) is 18.2 Å². The fourth-order valence-electron chi connectivity index (χ4n) is 1.45. The number of carbonyl (C=O) groups excluding carboxylic acids is 2. The van der Waals surface area contributed by atoms with Crippen LogP contribution < -0.4 is 10.6 Å². The minimum atomic E-state index is -0.906. The highest BCUT2D eigenvalue weighted by Gasteiger charge is 2.15. The zero-order chi connectivity index (χ0) is 15.1. The maximum Gasteiger partial charge on any atom is 0.313 e. The first-order valence-electron chi connectivity index (χ1n) is 6.09. The Morgan fingerprint density at radius 1 is 1.30 bits per heavy atom. The Bertz CT molecular complexity index is 495. The first kappa shape index (κ1) is 16.4. The van der Waals surface area contributed by atoms with Gasteiger partial charge in [0.15, 0.2) is 0 Å². The van der Waals surface area contributed by atoms with Crippen molar-refractivity contribution in [1.82, 2.24) is 10.2 Å². The highest BCUT2D eigenvalue weighted by Crippen LogP contribution is 2.18. The first-order valence-corrected chi connectivity index (χ1v) is 6.47. The number of carbonyl (C=O) groups is 2. The van der Waals surface area contributed by atoms with Gasteiger partial charge in [-0.25, -0.2) is 4.39 Å². The molecule has 7 heteroatoms. The SMILES string of the molecule is CN(C)CCCNC(=O)C(=O)Nc1ccc(Cl)cc1F. The molecule has 2 amide bonds. The molecule has 0 aromatic heterocycles. The Morgan fingerprint density at radius 3 is 2.60 bits per heavy atom. The first-order chi connectivity index (χ1) is 9.40. The molecule has 0 radical (unpaired) electrons. The zero-order valence-electron chi connectivity index (χ0n) is 11.4. The van der Waals surface area contributed by atoms with Crippen molar-refractivity contribution in [3.8, 4) is 0 Å². The fraction of sp³-hybridized carbons (Fsp3) is 0.385. The van der Waals surface area contributed by atoms with Crippen molar-refractivity contribution in [1.29, 1.82) is 0 Å². The van der Waals surface area contributed by atoms with Crippen molar-refractivity contribution in [3.05, 3.63) is 29.0 Å². The van der Waals surface area contributed by atoms with Crippen molar-refractivity contribution >= 4 is 29.1 Å². The van der Waals surface area contributed by atoms with Gasteiger partial charge in [-0.3, -0.25) is 9.59 Å². The molecule has 0 atom stereocenters. The zero-order valence-corrected chi connectivity index (χ0v) is 12.1. The highest BCUT2D eigenvalue weighted by atomic mass is 35.5. The Balaban J connectivity index is 2.43. The number of nitrogens with zero attached hydrogens (tertiary/aromatic N) is 1. The molecule has 1 rings (SSSR count). The average molecular weight is 302 g/mol. The van der Waals surface area contributed by atoms with E-state index in [1.807, 2.05) is 19.0 Å². The molecular weight excluding hydrogens is 285 g/mol. The van der Waals surface area contributed by atoms with Crippen LogP contribution in [0.4, 0.5) is 10.1 Å². The van der Waals surface area contributed by atoms with Gasteiger partial charge in [-0.2, -0.15) is 0 Å². The molecule has 0 fully saturated rings. The van der Waals surface area contributed by atoms with Crippen LogP contribution >= 0.6 is 11.6 Å². The Hall–Kier alpha value is -1.66. The van der Waals surface area contributed by atoms with Crippen molar-refractivity contribution in [2.45, 2.75) is 6.42 Å². The number of amides is 2. The Labute approximate surface area is 122 Å². The van der Waals surface area contributed by atoms with Crippen LogP contribution in [-0.4, -0.2) is 43.9 Å². The van der Waals surface area contributed by atoms with E-state index in [4.69, 9.17) is 11.6 Å². The monoisotopic (exact) mass is 301 g/mol. The van der Waals surface area contributed by atoms with Crippen LogP contribution in [0.2, 0.25) is 5.02 Å². The number of hydrogen-bond acceptors (Lipinski definition) is 3. The molecule has 20 heavy (non-hydrogen) atoms. The number of anilines is 1. The van der Waals surface area contributed by atoms with E-state index in [-0.39, 0.29) is 10.7 Å². The molecule has 0 saturated heterocycles. The van der Waals surface area contributed by atoms with E-state index in [9.17, 15) is 14.0 Å². The molecule has 5 nitrogen and oxygen atoms in total. The molecule has 1 aromatic carbocycles. The van der Waals surface area contributed by atoms with E-state index >= 15 is 0 Å². The quantitative estimate of drug-likeness (QED) is 0.640. The second-order valence-corrected chi connectivity index (χ2v) is 4.93. The third-order valence-corrected chi connectivity index (χ3v) is 2.69. The van der Waals surface area contributed by atoms with Gasteiger partial charge in [-0.1, -0.05) is 11.6 Å². The molecule has 0 aliphatic carbocycles. The van der Waals surface area contributed by atoms with Crippen LogP contribution in [0, 0.1) is 5.82 Å². The molecule has 0 heterocycles. The fourth-order valence-corrected chi connectivity index (χ4v) is 1.61. The van der Waals surface area contributed by atoms with Gasteiger partial charge in [0.05, 0.1) is 5.69 Å². The third-order valence-electron chi connectivity index (χ3n) is 2.45. The summed E-state index contributed by atoms with van der Waals surface area (Å²) in [6, 6.07) is 3.79. The van der Waals surface area contributed by atoms with Crippen molar-refractivity contribution in [3.63, 3.8) is 0 Å². The summed E-state index contributed by atoms with van der Waals surface area (Å²) >= 11 is 5.59. The minimum absolute atomic E-state index is 0.0807. The van der Waals surface area contributed by atoms with Gasteiger partial charge in [0.2, 0.25) is 0 Å². The number of rotatable bonds is 5. The second-order valence-electron chi connectivity index (χ2n) is 4.49. The maximum absolute atomic E-state index is 13.4. The summed E-state index contributed by atoms with van der Waals surface area (Å²) in [7, 11) is 3.83. The molecule has 110 valence electrons. The van der Waals surface area contributed by atoms with E-state index < -0.39 is 17.6 Å². The van der Waals surface area contributed by atoms with Gasteiger partial charge in [-0.05, 0) is 45.3 Å². The summed E-state index contributed by atoms with van der Waals surface area (Å²) in [6.07, 6.45) is 0.724. The molecule has 0 bridgehead atoms. The van der Waals surface area contributed by atoms with E-state index in [1.54, 1.807) is 0 Å². The molecule has 1 aromatic rings. The van der Waals surface area contributed by atoms with E-state index in [0.717, 1.165) is 19.0 Å². The summed E-state index contributed by atoms with van der Waals surface area (Å²) in [6.45, 7) is 1.18. The van der Waals surface area contributed by atoms with Crippen LogP contribution in [0.3, 0.4) is 0 Å². The van der Waals surface area contributed by atoms with Gasteiger partial charge >= 0.3 is 11.8 Å². The molecule has 0 saturated carbocycles. The summed E-state index contributed by atoms with van der Waals surface area (Å²) in [5.74, 6) is -2.39. The maximum atomic E-state index is 13.4. The van der Waals surface area contributed by atoms with Crippen molar-refractivity contribution < 1.29 is 14.0 Å². The van der Waals surface area contributed by atoms with Gasteiger partial charge in [0.25, 0.3) is 0 Å². The lowest BCUT2D eigenvalue weighted by atomic mass is 10.3. The number of nitrogens with one attached hydrogen (secondary N) is 2. The van der Waals surface area contributed by atoms with E-state index in [2.05, 4.69) is 10.6 Å². The predicted octanol–water partition coefficient (Wildman–Crippen LogP) is 1.49. The van der Waals surface area contributed by atoms with Crippen LogP contribution in [0.25, 0.3) is 0 Å². The van der Waals surface area contributed by atoms with Crippen molar-refractivity contribution in [2.75, 3.05) is 32.5 Å². The topological polar surface area (TPSA) is 61.4 Å². The van der Waals surface area contributed by atoms with Gasteiger partial charge in [-0.15, -0.1) is 0 Å².